The topological polar surface area (TPSA) is 38.7 Å². The van der Waals surface area contributed by atoms with Crippen molar-refractivity contribution in [3.8, 4) is 11.5 Å². The molecule has 0 unspecified atom stereocenters. The van der Waals surface area contributed by atoms with Crippen molar-refractivity contribution in [1.29, 1.82) is 0 Å². The molecule has 1 aromatic rings. The summed E-state index contributed by atoms with van der Waals surface area (Å²) >= 11 is 0. The molecule has 0 aliphatic rings. The molecule has 98 valence electrons. The normalized spacial score (nSPS) is 9.83. The Bertz CT molecular complexity index is 353. The van der Waals surface area contributed by atoms with E-state index in [1.807, 2.05) is 18.2 Å². The molecule has 0 bridgehead atoms. The lowest BCUT2D eigenvalue weighted by Gasteiger charge is -2.10. The van der Waals surface area contributed by atoms with Crippen LogP contribution in [0, 0.1) is 0 Å². The molecule has 0 aliphatic carbocycles. The summed E-state index contributed by atoms with van der Waals surface area (Å²) in [5.41, 5.74) is 0.778. The lowest BCUT2D eigenvalue weighted by Crippen LogP contribution is -2.00. The lowest BCUT2D eigenvalue weighted by molar-refractivity contribution is 0.275. The van der Waals surface area contributed by atoms with E-state index in [2.05, 4.69) is 13.2 Å². The number of benzene rings is 1. The van der Waals surface area contributed by atoms with Crippen LogP contribution in [0.5, 0.6) is 11.5 Å². The van der Waals surface area contributed by atoms with Gasteiger partial charge in [-0.15, -0.1) is 13.2 Å². The standard InChI is InChI=1S/C15H20O3/c1-3-5-7-17-14-9-13(12-16)10-15(11-14)18-8-6-4-2/h3-4,9-11,16H,1-2,5-8,12H2. The van der Waals surface area contributed by atoms with Gasteiger partial charge in [-0.25, -0.2) is 0 Å². The van der Waals surface area contributed by atoms with Crippen molar-refractivity contribution in [2.24, 2.45) is 0 Å². The maximum absolute atomic E-state index is 9.19. The van der Waals surface area contributed by atoms with Gasteiger partial charge in [0, 0.05) is 6.07 Å². The van der Waals surface area contributed by atoms with Gasteiger partial charge in [0.25, 0.3) is 0 Å². The number of hydrogen-bond donors (Lipinski definition) is 1. The van der Waals surface area contributed by atoms with Gasteiger partial charge in [-0.2, -0.15) is 0 Å². The SMILES string of the molecule is C=CCCOc1cc(CO)cc(OCCC=C)c1. The summed E-state index contributed by atoms with van der Waals surface area (Å²) in [6.07, 6.45) is 5.18. The molecular weight excluding hydrogens is 228 g/mol. The van der Waals surface area contributed by atoms with Crippen LogP contribution in [-0.4, -0.2) is 18.3 Å². The molecule has 0 saturated heterocycles. The Morgan fingerprint density at radius 2 is 1.44 bits per heavy atom. The Morgan fingerprint density at radius 1 is 0.944 bits per heavy atom. The van der Waals surface area contributed by atoms with Gasteiger partial charge in [-0.3, -0.25) is 0 Å². The third-order valence-electron chi connectivity index (χ3n) is 2.30. The molecule has 0 fully saturated rings. The predicted octanol–water partition coefficient (Wildman–Crippen LogP) is 3.09. The Balaban J connectivity index is 2.67. The zero-order chi connectivity index (χ0) is 13.2. The molecule has 0 aliphatic heterocycles. The van der Waals surface area contributed by atoms with E-state index in [0.717, 1.165) is 18.4 Å². The molecule has 0 atom stereocenters. The number of ether oxygens (including phenoxy) is 2. The summed E-state index contributed by atoms with van der Waals surface area (Å²) in [4.78, 5) is 0. The third kappa shape index (κ3) is 5.06. The van der Waals surface area contributed by atoms with Crippen molar-refractivity contribution in [2.45, 2.75) is 19.4 Å². The molecule has 18 heavy (non-hydrogen) atoms. The van der Waals surface area contributed by atoms with Gasteiger partial charge >= 0.3 is 0 Å². The van der Waals surface area contributed by atoms with E-state index in [9.17, 15) is 5.11 Å². The van der Waals surface area contributed by atoms with Gasteiger partial charge in [0.2, 0.25) is 0 Å². The number of aliphatic hydroxyl groups is 1. The molecule has 1 N–H and O–H groups in total. The summed E-state index contributed by atoms with van der Waals surface area (Å²) in [6.45, 7) is 8.39. The van der Waals surface area contributed by atoms with Gasteiger partial charge < -0.3 is 14.6 Å². The zero-order valence-corrected chi connectivity index (χ0v) is 10.6. The largest absolute Gasteiger partial charge is 0.493 e. The van der Waals surface area contributed by atoms with E-state index in [1.54, 1.807) is 12.2 Å². The first-order valence-corrected chi connectivity index (χ1v) is 6.02. The predicted molar refractivity (Wildman–Crippen MR) is 73.0 cm³/mol. The molecule has 0 aromatic heterocycles. The van der Waals surface area contributed by atoms with Crippen molar-refractivity contribution < 1.29 is 14.6 Å². The van der Waals surface area contributed by atoms with Gasteiger partial charge in [0.05, 0.1) is 19.8 Å². The molecule has 3 nitrogen and oxygen atoms in total. The Morgan fingerprint density at radius 3 is 1.83 bits per heavy atom. The average molecular weight is 248 g/mol. The number of hydrogen-bond acceptors (Lipinski definition) is 3. The molecule has 1 rings (SSSR count). The molecule has 0 saturated carbocycles. The van der Waals surface area contributed by atoms with E-state index in [1.165, 1.54) is 0 Å². The molecule has 1 aromatic carbocycles. The second kappa shape index (κ2) is 8.37. The molecule has 0 spiro atoms. The van der Waals surface area contributed by atoms with Gasteiger partial charge in [0.15, 0.2) is 0 Å². The van der Waals surface area contributed by atoms with Crippen LogP contribution in [0.25, 0.3) is 0 Å². The van der Waals surface area contributed by atoms with E-state index in [-0.39, 0.29) is 6.61 Å². The van der Waals surface area contributed by atoms with Gasteiger partial charge in [-0.05, 0) is 30.5 Å². The molecule has 0 radical (unpaired) electrons. The first-order valence-electron chi connectivity index (χ1n) is 6.02. The third-order valence-corrected chi connectivity index (χ3v) is 2.30. The quantitative estimate of drug-likeness (QED) is 0.539. The zero-order valence-electron chi connectivity index (χ0n) is 10.6. The van der Waals surface area contributed by atoms with Crippen molar-refractivity contribution in [3.63, 3.8) is 0 Å². The van der Waals surface area contributed by atoms with Crippen LogP contribution in [0.15, 0.2) is 43.5 Å². The van der Waals surface area contributed by atoms with Crippen LogP contribution in [0.2, 0.25) is 0 Å². The van der Waals surface area contributed by atoms with Crippen LogP contribution < -0.4 is 9.47 Å². The molecule has 0 heterocycles. The second-order valence-electron chi connectivity index (χ2n) is 3.82. The maximum atomic E-state index is 9.19. The fraction of sp³-hybridized carbons (Fsp3) is 0.333. The molecular formula is C15H20O3. The summed E-state index contributed by atoms with van der Waals surface area (Å²) in [5, 5.41) is 9.19. The van der Waals surface area contributed by atoms with Crippen LogP contribution in [-0.2, 0) is 6.61 Å². The number of aliphatic hydroxyl groups excluding tert-OH is 1. The number of rotatable bonds is 9. The first kappa shape index (κ1) is 14.3. The van der Waals surface area contributed by atoms with Crippen molar-refractivity contribution >= 4 is 0 Å². The summed E-state index contributed by atoms with van der Waals surface area (Å²) < 4.78 is 11.1. The van der Waals surface area contributed by atoms with E-state index < -0.39 is 0 Å². The Labute approximate surface area is 108 Å². The smallest absolute Gasteiger partial charge is 0.123 e. The monoisotopic (exact) mass is 248 g/mol. The molecule has 3 heteroatoms. The van der Waals surface area contributed by atoms with Crippen LogP contribution >= 0.6 is 0 Å². The fourth-order valence-corrected chi connectivity index (χ4v) is 1.41. The summed E-state index contributed by atoms with van der Waals surface area (Å²) in [7, 11) is 0. The minimum atomic E-state index is -0.0313. The van der Waals surface area contributed by atoms with Gasteiger partial charge in [0.1, 0.15) is 11.5 Å². The average Bonchev–Trinajstić information content (AvgIpc) is 2.39. The van der Waals surface area contributed by atoms with Crippen molar-refractivity contribution in [2.75, 3.05) is 13.2 Å². The highest BCUT2D eigenvalue weighted by Gasteiger charge is 2.02. The lowest BCUT2D eigenvalue weighted by atomic mass is 10.2. The van der Waals surface area contributed by atoms with Crippen LogP contribution in [0.4, 0.5) is 0 Å². The van der Waals surface area contributed by atoms with E-state index in [0.29, 0.717) is 24.7 Å². The highest BCUT2D eigenvalue weighted by Crippen LogP contribution is 2.23. The minimum Gasteiger partial charge on any atom is -0.493 e. The Hall–Kier alpha value is -1.74. The van der Waals surface area contributed by atoms with E-state index in [4.69, 9.17) is 9.47 Å². The highest BCUT2D eigenvalue weighted by molar-refractivity contribution is 5.38. The maximum Gasteiger partial charge on any atom is 0.123 e. The summed E-state index contributed by atoms with van der Waals surface area (Å²) in [6, 6.07) is 5.44. The van der Waals surface area contributed by atoms with Crippen molar-refractivity contribution in [1.82, 2.24) is 0 Å². The summed E-state index contributed by atoms with van der Waals surface area (Å²) in [5.74, 6) is 1.41. The first-order chi connectivity index (χ1) is 8.80. The second-order valence-corrected chi connectivity index (χ2v) is 3.82. The van der Waals surface area contributed by atoms with E-state index >= 15 is 0 Å². The van der Waals surface area contributed by atoms with Crippen LogP contribution in [0.1, 0.15) is 18.4 Å². The minimum absolute atomic E-state index is 0.0313. The van der Waals surface area contributed by atoms with Gasteiger partial charge in [-0.1, -0.05) is 12.2 Å². The molecule has 0 amide bonds. The Kier molecular flexibility index (Phi) is 6.66. The fourth-order valence-electron chi connectivity index (χ4n) is 1.41. The van der Waals surface area contributed by atoms with Crippen molar-refractivity contribution in [3.05, 3.63) is 49.1 Å². The van der Waals surface area contributed by atoms with Crippen LogP contribution in [0.3, 0.4) is 0 Å². The highest BCUT2D eigenvalue weighted by atomic mass is 16.5.